The van der Waals surface area contributed by atoms with E-state index in [9.17, 15) is 14.4 Å². The van der Waals surface area contributed by atoms with E-state index in [1.165, 1.54) is 103 Å². The lowest BCUT2D eigenvalue weighted by molar-refractivity contribution is -0.167. The van der Waals surface area contributed by atoms with Crippen molar-refractivity contribution in [1.29, 1.82) is 0 Å². The summed E-state index contributed by atoms with van der Waals surface area (Å²) in [4.78, 5) is 38.3. The topological polar surface area (TPSA) is 78.9 Å². The fourth-order valence-corrected chi connectivity index (χ4v) is 8.54. The number of ether oxygens (including phenoxy) is 3. The Kier molecular flexibility index (Phi) is 61.9. The molecule has 0 radical (unpaired) electrons. The molecule has 0 aliphatic carbocycles. The van der Waals surface area contributed by atoms with Crippen molar-refractivity contribution in [3.8, 4) is 0 Å². The van der Waals surface area contributed by atoms with Gasteiger partial charge in [0.1, 0.15) is 13.2 Å². The Bertz CT molecular complexity index is 1730. The highest BCUT2D eigenvalue weighted by atomic mass is 16.6. The van der Waals surface area contributed by atoms with Crippen molar-refractivity contribution in [2.24, 2.45) is 0 Å². The molecule has 0 spiro atoms. The van der Waals surface area contributed by atoms with E-state index in [4.69, 9.17) is 14.2 Å². The number of hydrogen-bond acceptors (Lipinski definition) is 6. The van der Waals surface area contributed by atoms with Gasteiger partial charge in [0.05, 0.1) is 0 Å². The van der Waals surface area contributed by atoms with Crippen LogP contribution in [0.15, 0.2) is 146 Å². The van der Waals surface area contributed by atoms with Crippen LogP contribution in [0, 0.1) is 0 Å². The van der Waals surface area contributed by atoms with Gasteiger partial charge >= 0.3 is 17.9 Å². The van der Waals surface area contributed by atoms with Crippen molar-refractivity contribution in [2.75, 3.05) is 13.2 Å². The highest BCUT2D eigenvalue weighted by Crippen LogP contribution is 2.15. The zero-order valence-electron chi connectivity index (χ0n) is 51.1. The van der Waals surface area contributed by atoms with E-state index in [0.29, 0.717) is 19.3 Å². The SMILES string of the molecule is CC/C=C\C/C=C\C/C=C\C/C=C\C/C=C\C/C=C\CCCCCCC(=O)OCC(COC(=O)CCC/C=C\C/C=C\C/C=C\C/C=C\C/C=C\CC)OC(=O)CCCCCCCCCCC/C=C\CCCCCCCCCC. The summed E-state index contributed by atoms with van der Waals surface area (Å²) in [6.07, 6.45) is 94.3. The van der Waals surface area contributed by atoms with Gasteiger partial charge in [0, 0.05) is 19.3 Å². The van der Waals surface area contributed by atoms with E-state index in [-0.39, 0.29) is 37.5 Å². The Labute approximate surface area is 487 Å². The smallest absolute Gasteiger partial charge is 0.306 e. The van der Waals surface area contributed by atoms with Crippen molar-refractivity contribution in [1.82, 2.24) is 0 Å². The molecule has 1 unspecified atom stereocenters. The molecule has 0 rings (SSSR count). The summed E-state index contributed by atoms with van der Waals surface area (Å²) < 4.78 is 16.9. The van der Waals surface area contributed by atoms with Gasteiger partial charge in [0.2, 0.25) is 0 Å². The Morgan fingerprint density at radius 3 is 0.835 bits per heavy atom. The van der Waals surface area contributed by atoms with Crippen molar-refractivity contribution in [3.63, 3.8) is 0 Å². The van der Waals surface area contributed by atoms with E-state index in [2.05, 4.69) is 167 Å². The monoisotopic (exact) mass is 1090 g/mol. The maximum absolute atomic E-state index is 12.9. The summed E-state index contributed by atoms with van der Waals surface area (Å²) in [6.45, 7) is 6.35. The number of hydrogen-bond donors (Lipinski definition) is 0. The minimum Gasteiger partial charge on any atom is -0.462 e. The van der Waals surface area contributed by atoms with Gasteiger partial charge in [-0.1, -0.05) is 269 Å². The van der Waals surface area contributed by atoms with Crippen LogP contribution in [0.2, 0.25) is 0 Å². The molecule has 0 bridgehead atoms. The number of esters is 3. The van der Waals surface area contributed by atoms with E-state index in [0.717, 1.165) is 128 Å². The zero-order valence-corrected chi connectivity index (χ0v) is 51.1. The first-order valence-corrected chi connectivity index (χ1v) is 32.3. The van der Waals surface area contributed by atoms with Gasteiger partial charge in [-0.05, 0) is 135 Å². The quantitative estimate of drug-likeness (QED) is 0.0261. The number of rotatable bonds is 57. The first-order valence-electron chi connectivity index (χ1n) is 32.3. The molecule has 0 saturated carbocycles. The molecule has 0 aliphatic heterocycles. The molecule has 446 valence electrons. The minimum atomic E-state index is -0.821. The number of unbranched alkanes of at least 4 members (excludes halogenated alkanes) is 22. The van der Waals surface area contributed by atoms with E-state index in [1.54, 1.807) is 0 Å². The summed E-state index contributed by atoms with van der Waals surface area (Å²) >= 11 is 0. The predicted octanol–water partition coefficient (Wildman–Crippen LogP) is 22.3. The molecular formula is C73H118O6. The van der Waals surface area contributed by atoms with Gasteiger partial charge in [0.15, 0.2) is 6.10 Å². The standard InChI is InChI=1S/C73H118O6/c1-4-7-10-13-16-19-22-25-28-31-33-35-36-38-39-42-45-48-51-54-57-60-63-66-72(75)78-69-70(68-77-71(74)65-62-59-56-53-50-47-44-41-30-27-24-21-18-15-12-9-6-3)79-73(76)67-64-61-58-55-52-49-46-43-40-37-34-32-29-26-23-20-17-14-11-8-5-2/h7,9-10,12,16,18-19,21,25,27-28,30,32-35,38-39,44-45,47-48,53,56,70H,4-6,8,11,13-15,17,20,22-24,26,29,31,36-37,40-43,46,49-52,54-55,57-69H2,1-3H3/b10-7-,12-9-,19-16-,21-18-,28-25-,30-27-,34-32-,35-33-,39-38-,47-44-,48-45-,56-53-. The fraction of sp³-hybridized carbons (Fsp3) is 0.630. The molecule has 0 amide bonds. The normalized spacial score (nSPS) is 13.1. The van der Waals surface area contributed by atoms with E-state index >= 15 is 0 Å². The predicted molar refractivity (Wildman–Crippen MR) is 343 cm³/mol. The molecule has 0 heterocycles. The van der Waals surface area contributed by atoms with Crippen molar-refractivity contribution in [3.05, 3.63) is 146 Å². The summed E-state index contributed by atoms with van der Waals surface area (Å²) in [5, 5.41) is 0. The first kappa shape index (κ1) is 74.3. The van der Waals surface area contributed by atoms with Gasteiger partial charge in [-0.25, -0.2) is 0 Å². The summed E-state index contributed by atoms with van der Waals surface area (Å²) in [6, 6.07) is 0. The molecule has 0 N–H and O–H groups in total. The van der Waals surface area contributed by atoms with Gasteiger partial charge in [0.25, 0.3) is 0 Å². The molecule has 0 aromatic rings. The summed E-state index contributed by atoms with van der Waals surface area (Å²) in [7, 11) is 0. The molecule has 0 aromatic heterocycles. The van der Waals surface area contributed by atoms with E-state index in [1.807, 2.05) is 0 Å². The van der Waals surface area contributed by atoms with Crippen LogP contribution in [0.5, 0.6) is 0 Å². The average molecular weight is 1090 g/mol. The second-order valence-electron chi connectivity index (χ2n) is 20.9. The molecule has 0 aliphatic rings. The second kappa shape index (κ2) is 65.8. The van der Waals surface area contributed by atoms with Crippen LogP contribution in [0.3, 0.4) is 0 Å². The molecule has 6 nitrogen and oxygen atoms in total. The maximum Gasteiger partial charge on any atom is 0.306 e. The molecule has 0 aromatic carbocycles. The van der Waals surface area contributed by atoms with Crippen LogP contribution >= 0.6 is 0 Å². The number of carbonyl (C=O) groups excluding carboxylic acids is 3. The Morgan fingerprint density at radius 1 is 0.266 bits per heavy atom. The number of carbonyl (C=O) groups is 3. The van der Waals surface area contributed by atoms with Crippen molar-refractivity contribution >= 4 is 17.9 Å². The van der Waals surface area contributed by atoms with Gasteiger partial charge in [-0.2, -0.15) is 0 Å². The van der Waals surface area contributed by atoms with E-state index < -0.39 is 6.10 Å². The van der Waals surface area contributed by atoms with Gasteiger partial charge in [-0.3, -0.25) is 14.4 Å². The second-order valence-corrected chi connectivity index (χ2v) is 20.9. The van der Waals surface area contributed by atoms with Gasteiger partial charge < -0.3 is 14.2 Å². The third-order valence-corrected chi connectivity index (χ3v) is 13.3. The Balaban J connectivity index is 4.52. The van der Waals surface area contributed by atoms with Crippen LogP contribution < -0.4 is 0 Å². The van der Waals surface area contributed by atoms with Gasteiger partial charge in [-0.15, -0.1) is 0 Å². The highest BCUT2D eigenvalue weighted by molar-refractivity contribution is 5.71. The average Bonchev–Trinajstić information content (AvgIpc) is 3.45. The van der Waals surface area contributed by atoms with Crippen LogP contribution in [0.4, 0.5) is 0 Å². The third kappa shape index (κ3) is 64.0. The molecule has 0 saturated heterocycles. The lowest BCUT2D eigenvalue weighted by Crippen LogP contribution is -2.30. The molecular weight excluding hydrogens is 973 g/mol. The maximum atomic E-state index is 12.9. The molecule has 79 heavy (non-hydrogen) atoms. The third-order valence-electron chi connectivity index (χ3n) is 13.3. The fourth-order valence-electron chi connectivity index (χ4n) is 8.54. The zero-order chi connectivity index (χ0) is 57.1. The minimum absolute atomic E-state index is 0.115. The summed E-state index contributed by atoms with van der Waals surface area (Å²) in [5.41, 5.74) is 0. The highest BCUT2D eigenvalue weighted by Gasteiger charge is 2.19. The van der Waals surface area contributed by atoms with Crippen LogP contribution in [0.25, 0.3) is 0 Å². The molecule has 0 fully saturated rings. The summed E-state index contributed by atoms with van der Waals surface area (Å²) in [5.74, 6) is -0.998. The Hall–Kier alpha value is -4.71. The molecule has 1 atom stereocenters. The van der Waals surface area contributed by atoms with Crippen molar-refractivity contribution < 1.29 is 28.6 Å². The van der Waals surface area contributed by atoms with Crippen LogP contribution in [-0.2, 0) is 28.6 Å². The van der Waals surface area contributed by atoms with Crippen molar-refractivity contribution in [2.45, 2.75) is 284 Å². The largest absolute Gasteiger partial charge is 0.462 e. The number of allylic oxidation sites excluding steroid dienone is 24. The molecule has 6 heteroatoms. The Morgan fingerprint density at radius 2 is 0.506 bits per heavy atom. The van der Waals surface area contributed by atoms with Crippen LogP contribution in [0.1, 0.15) is 278 Å². The van der Waals surface area contributed by atoms with Crippen LogP contribution in [-0.4, -0.2) is 37.2 Å². The lowest BCUT2D eigenvalue weighted by Gasteiger charge is -2.18. The first-order chi connectivity index (χ1) is 39.0. The lowest BCUT2D eigenvalue weighted by atomic mass is 10.1.